The van der Waals surface area contributed by atoms with Crippen molar-refractivity contribution in [1.82, 2.24) is 0 Å². The maximum atomic E-state index is 12.3. The van der Waals surface area contributed by atoms with Crippen LogP contribution in [0.4, 0.5) is 13.2 Å². The van der Waals surface area contributed by atoms with E-state index in [2.05, 4.69) is 0 Å². The minimum Gasteiger partial charge on any atom is -0.388 e. The van der Waals surface area contributed by atoms with E-state index in [9.17, 15) is 18.3 Å². The minimum absolute atomic E-state index is 0.0412. The summed E-state index contributed by atoms with van der Waals surface area (Å²) in [4.78, 5) is 0. The molecule has 0 heterocycles. The van der Waals surface area contributed by atoms with Gasteiger partial charge < -0.3 is 5.11 Å². The summed E-state index contributed by atoms with van der Waals surface area (Å²) in [6.07, 6.45) is -5.11. The molecule has 4 heteroatoms. The monoisotopic (exact) mass is 216 g/mol. The van der Waals surface area contributed by atoms with Crippen LogP contribution in [0.25, 0.3) is 0 Å². The van der Waals surface area contributed by atoms with E-state index >= 15 is 0 Å². The predicted octanol–water partition coefficient (Wildman–Crippen LogP) is 2.92. The molecular weight excluding hydrogens is 205 g/mol. The maximum Gasteiger partial charge on any atom is 0.392 e. The Bertz CT molecular complexity index is 333. The van der Waals surface area contributed by atoms with Crippen LogP contribution in [-0.2, 0) is 0 Å². The summed E-state index contributed by atoms with van der Waals surface area (Å²) in [7, 11) is 0. The van der Waals surface area contributed by atoms with E-state index in [0.717, 1.165) is 0 Å². The zero-order chi connectivity index (χ0) is 11.1. The molecule has 0 aliphatic heterocycles. The lowest BCUT2D eigenvalue weighted by Crippen LogP contribution is -2.14. The van der Waals surface area contributed by atoms with Crippen molar-refractivity contribution in [2.75, 3.05) is 0 Å². The van der Waals surface area contributed by atoms with Gasteiger partial charge in [-0.2, -0.15) is 13.2 Å². The Labute approximate surface area is 85.5 Å². The first kappa shape index (κ1) is 10.5. The molecule has 0 amide bonds. The molecule has 15 heavy (non-hydrogen) atoms. The van der Waals surface area contributed by atoms with Crippen molar-refractivity contribution < 1.29 is 18.3 Å². The fraction of sp³-hybridized carbons (Fsp3) is 0.455. The van der Waals surface area contributed by atoms with Crippen LogP contribution < -0.4 is 0 Å². The lowest BCUT2D eigenvalue weighted by Gasteiger charge is -2.11. The predicted molar refractivity (Wildman–Crippen MR) is 49.1 cm³/mol. The third-order valence-electron chi connectivity index (χ3n) is 2.81. The number of halogens is 3. The summed E-state index contributed by atoms with van der Waals surface area (Å²) in [5.41, 5.74) is 0.564. The highest BCUT2D eigenvalue weighted by Gasteiger charge is 2.58. The average molecular weight is 216 g/mol. The van der Waals surface area contributed by atoms with Crippen molar-refractivity contribution in [3.8, 4) is 0 Å². The lowest BCUT2D eigenvalue weighted by atomic mass is 10.0. The van der Waals surface area contributed by atoms with Gasteiger partial charge in [0.25, 0.3) is 0 Å². The molecule has 3 atom stereocenters. The highest BCUT2D eigenvalue weighted by atomic mass is 19.4. The van der Waals surface area contributed by atoms with Gasteiger partial charge in [-0.3, -0.25) is 0 Å². The van der Waals surface area contributed by atoms with E-state index in [0.29, 0.717) is 5.56 Å². The summed E-state index contributed by atoms with van der Waals surface area (Å²) in [5, 5.41) is 9.69. The Morgan fingerprint density at radius 3 is 2.27 bits per heavy atom. The van der Waals surface area contributed by atoms with Gasteiger partial charge in [0, 0.05) is 5.92 Å². The fourth-order valence-corrected chi connectivity index (χ4v) is 1.84. The first-order valence-corrected chi connectivity index (χ1v) is 4.80. The molecule has 0 saturated heterocycles. The number of rotatable bonds is 2. The van der Waals surface area contributed by atoms with Crippen LogP contribution in [0.15, 0.2) is 30.3 Å². The van der Waals surface area contributed by atoms with Gasteiger partial charge >= 0.3 is 6.18 Å². The molecule has 1 aliphatic rings. The second-order valence-corrected chi connectivity index (χ2v) is 3.90. The molecule has 1 fully saturated rings. The second-order valence-electron chi connectivity index (χ2n) is 3.90. The second kappa shape index (κ2) is 3.52. The topological polar surface area (TPSA) is 20.2 Å². The number of hydrogen-bond donors (Lipinski definition) is 1. The molecule has 1 aromatic rings. The van der Waals surface area contributed by atoms with Gasteiger partial charge in [-0.1, -0.05) is 30.3 Å². The normalized spacial score (nSPS) is 27.5. The number of aliphatic hydroxyl groups excluding tert-OH is 1. The van der Waals surface area contributed by atoms with Crippen molar-refractivity contribution in [1.29, 1.82) is 0 Å². The molecule has 1 unspecified atom stereocenters. The van der Waals surface area contributed by atoms with Crippen LogP contribution >= 0.6 is 0 Å². The summed E-state index contributed by atoms with van der Waals surface area (Å²) < 4.78 is 36.8. The Morgan fingerprint density at radius 1 is 1.20 bits per heavy atom. The molecule has 1 N–H and O–H groups in total. The van der Waals surface area contributed by atoms with Gasteiger partial charge in [-0.25, -0.2) is 0 Å². The van der Waals surface area contributed by atoms with Gasteiger partial charge in [0.2, 0.25) is 0 Å². The van der Waals surface area contributed by atoms with Crippen molar-refractivity contribution in [3.05, 3.63) is 35.9 Å². The van der Waals surface area contributed by atoms with Crippen LogP contribution in [-0.4, -0.2) is 11.3 Å². The first-order chi connectivity index (χ1) is 7.00. The summed E-state index contributed by atoms with van der Waals surface area (Å²) in [6.45, 7) is 0. The van der Waals surface area contributed by atoms with Gasteiger partial charge in [-0.15, -0.1) is 0 Å². The van der Waals surface area contributed by atoms with E-state index < -0.39 is 24.1 Å². The molecule has 0 aromatic heterocycles. The van der Waals surface area contributed by atoms with E-state index in [1.165, 1.54) is 0 Å². The summed E-state index contributed by atoms with van der Waals surface area (Å²) in [5.74, 6) is -1.99. The van der Waals surface area contributed by atoms with Gasteiger partial charge in [-0.05, 0) is 12.0 Å². The molecule has 2 rings (SSSR count). The largest absolute Gasteiger partial charge is 0.392 e. The number of benzene rings is 1. The average Bonchev–Trinajstić information content (AvgIpc) is 2.97. The van der Waals surface area contributed by atoms with Crippen LogP contribution in [0.5, 0.6) is 0 Å². The van der Waals surface area contributed by atoms with E-state index in [1.807, 2.05) is 0 Å². The fourth-order valence-electron chi connectivity index (χ4n) is 1.84. The van der Waals surface area contributed by atoms with E-state index in [4.69, 9.17) is 0 Å². The molecule has 0 spiro atoms. The third-order valence-corrected chi connectivity index (χ3v) is 2.81. The molecule has 0 bridgehead atoms. The Balaban J connectivity index is 2.04. The summed E-state index contributed by atoms with van der Waals surface area (Å²) >= 11 is 0. The number of hydrogen-bond acceptors (Lipinski definition) is 1. The van der Waals surface area contributed by atoms with Gasteiger partial charge in [0.1, 0.15) is 0 Å². The van der Waals surface area contributed by atoms with Crippen molar-refractivity contribution >= 4 is 0 Å². The molecule has 0 radical (unpaired) electrons. The number of alkyl halides is 3. The molecule has 1 saturated carbocycles. The zero-order valence-corrected chi connectivity index (χ0v) is 7.91. The highest BCUT2D eigenvalue weighted by molar-refractivity contribution is 5.20. The van der Waals surface area contributed by atoms with Crippen LogP contribution in [0.2, 0.25) is 0 Å². The van der Waals surface area contributed by atoms with E-state index in [1.54, 1.807) is 30.3 Å². The molecule has 1 aromatic carbocycles. The first-order valence-electron chi connectivity index (χ1n) is 4.80. The summed E-state index contributed by atoms with van der Waals surface area (Å²) in [6, 6.07) is 8.49. The Kier molecular flexibility index (Phi) is 2.46. The molecule has 1 nitrogen and oxygen atoms in total. The molecule has 1 aliphatic carbocycles. The van der Waals surface area contributed by atoms with Crippen molar-refractivity contribution in [3.63, 3.8) is 0 Å². The quantitative estimate of drug-likeness (QED) is 0.805. The number of aliphatic hydroxyl groups is 1. The smallest absolute Gasteiger partial charge is 0.388 e. The van der Waals surface area contributed by atoms with E-state index in [-0.39, 0.29) is 6.42 Å². The SMILES string of the molecule is OC(c1ccccc1)[C@@H]1C[C@H]1C(F)(F)F. The van der Waals surface area contributed by atoms with Gasteiger partial charge in [0.05, 0.1) is 12.0 Å². The zero-order valence-electron chi connectivity index (χ0n) is 7.91. The van der Waals surface area contributed by atoms with Crippen LogP contribution in [0.3, 0.4) is 0 Å². The third kappa shape index (κ3) is 2.15. The molecular formula is C11H11F3O. The Hall–Kier alpha value is -1.03. The van der Waals surface area contributed by atoms with Crippen LogP contribution in [0, 0.1) is 11.8 Å². The van der Waals surface area contributed by atoms with Crippen molar-refractivity contribution in [2.45, 2.75) is 18.7 Å². The highest BCUT2D eigenvalue weighted by Crippen LogP contribution is 2.55. The minimum atomic E-state index is -4.17. The standard InChI is InChI=1S/C11H11F3O/c12-11(13,14)9-6-8(9)10(15)7-4-2-1-3-5-7/h1-5,8-10,15H,6H2/t8-,9-,10?/m1/s1. The van der Waals surface area contributed by atoms with Crippen LogP contribution in [0.1, 0.15) is 18.1 Å². The maximum absolute atomic E-state index is 12.3. The van der Waals surface area contributed by atoms with Crippen molar-refractivity contribution in [2.24, 2.45) is 11.8 Å². The lowest BCUT2D eigenvalue weighted by molar-refractivity contribution is -0.154. The Morgan fingerprint density at radius 2 is 1.80 bits per heavy atom. The van der Waals surface area contributed by atoms with Gasteiger partial charge in [0.15, 0.2) is 0 Å². The molecule has 82 valence electrons.